The van der Waals surface area contributed by atoms with Crippen molar-refractivity contribution in [3.05, 3.63) is 27.7 Å². The highest BCUT2D eigenvalue weighted by molar-refractivity contribution is 9.10. The molecule has 0 spiro atoms. The molecule has 1 saturated heterocycles. The molecule has 1 amide bonds. The van der Waals surface area contributed by atoms with Gasteiger partial charge < -0.3 is 10.6 Å². The van der Waals surface area contributed by atoms with E-state index in [-0.39, 0.29) is 5.91 Å². The fraction of sp³-hybridized carbons (Fsp3) is 0.500. The number of halogens is 2. The van der Waals surface area contributed by atoms with Gasteiger partial charge in [0.05, 0.1) is 10.6 Å². The Hall–Kier alpha value is -0.620. The maximum absolute atomic E-state index is 12.5. The van der Waals surface area contributed by atoms with E-state index in [0.29, 0.717) is 10.7 Å². The number of hydrogen-bond acceptors (Lipinski definition) is 3. The number of nitrogens with one attached hydrogen (secondary N) is 2. The van der Waals surface area contributed by atoms with E-state index in [4.69, 9.17) is 11.6 Å². The molecular weight excluding hydrogens is 342 g/mol. The number of rotatable bonds is 3. The van der Waals surface area contributed by atoms with Crippen molar-refractivity contribution in [3.8, 4) is 0 Å². The summed E-state index contributed by atoms with van der Waals surface area (Å²) >= 11 is 9.38. The van der Waals surface area contributed by atoms with Gasteiger partial charge in [0.1, 0.15) is 0 Å². The number of piperazine rings is 1. The van der Waals surface area contributed by atoms with Crippen molar-refractivity contribution in [1.82, 2.24) is 10.2 Å². The van der Waals surface area contributed by atoms with Gasteiger partial charge in [0.2, 0.25) is 5.91 Å². The Balaban J connectivity index is 2.07. The van der Waals surface area contributed by atoms with Crippen LogP contribution in [0.15, 0.2) is 22.7 Å². The SMILES string of the molecule is CC(C)(C(=O)Nc1ccc(Br)c(Cl)c1)N1CCNCC1. The van der Waals surface area contributed by atoms with E-state index < -0.39 is 5.54 Å². The summed E-state index contributed by atoms with van der Waals surface area (Å²) in [7, 11) is 0. The average molecular weight is 361 g/mol. The molecule has 0 bridgehead atoms. The van der Waals surface area contributed by atoms with Crippen molar-refractivity contribution in [3.63, 3.8) is 0 Å². The maximum Gasteiger partial charge on any atom is 0.244 e. The Kier molecular flexibility index (Phi) is 5.07. The molecule has 0 atom stereocenters. The fourth-order valence-corrected chi connectivity index (χ4v) is 2.65. The summed E-state index contributed by atoms with van der Waals surface area (Å²) in [5.74, 6) is -0.0159. The first-order valence-electron chi connectivity index (χ1n) is 6.63. The van der Waals surface area contributed by atoms with Crippen LogP contribution in [-0.4, -0.2) is 42.5 Å². The molecule has 1 aliphatic rings. The molecular formula is C14H19BrClN3O. The minimum Gasteiger partial charge on any atom is -0.324 e. The fourth-order valence-electron chi connectivity index (χ4n) is 2.23. The summed E-state index contributed by atoms with van der Waals surface area (Å²) in [5.41, 5.74) is 0.174. The lowest BCUT2D eigenvalue weighted by molar-refractivity contribution is -0.126. The predicted molar refractivity (Wildman–Crippen MR) is 86.3 cm³/mol. The van der Waals surface area contributed by atoms with Gasteiger partial charge in [-0.3, -0.25) is 9.69 Å². The van der Waals surface area contributed by atoms with Crippen LogP contribution in [0.2, 0.25) is 5.02 Å². The number of carbonyl (C=O) groups is 1. The molecule has 1 heterocycles. The van der Waals surface area contributed by atoms with Crippen molar-refractivity contribution in [2.24, 2.45) is 0 Å². The van der Waals surface area contributed by atoms with E-state index >= 15 is 0 Å². The molecule has 20 heavy (non-hydrogen) atoms. The Morgan fingerprint density at radius 2 is 2.05 bits per heavy atom. The lowest BCUT2D eigenvalue weighted by atomic mass is 10.0. The second-order valence-corrected chi connectivity index (χ2v) is 6.64. The Morgan fingerprint density at radius 1 is 1.40 bits per heavy atom. The van der Waals surface area contributed by atoms with Crippen LogP contribution in [0.1, 0.15) is 13.8 Å². The molecule has 0 unspecified atom stereocenters. The molecule has 1 aliphatic heterocycles. The van der Waals surface area contributed by atoms with Gasteiger partial charge in [-0.25, -0.2) is 0 Å². The average Bonchev–Trinajstić information content (AvgIpc) is 2.44. The summed E-state index contributed by atoms with van der Waals surface area (Å²) in [6.07, 6.45) is 0. The van der Waals surface area contributed by atoms with Gasteiger partial charge in [0, 0.05) is 36.3 Å². The zero-order chi connectivity index (χ0) is 14.8. The minimum absolute atomic E-state index is 0.0159. The summed E-state index contributed by atoms with van der Waals surface area (Å²) < 4.78 is 0.818. The Bertz CT molecular complexity index is 501. The van der Waals surface area contributed by atoms with E-state index in [9.17, 15) is 4.79 Å². The predicted octanol–water partition coefficient (Wildman–Crippen LogP) is 2.72. The van der Waals surface area contributed by atoms with Crippen LogP contribution in [-0.2, 0) is 4.79 Å². The van der Waals surface area contributed by atoms with Crippen LogP contribution in [0.4, 0.5) is 5.69 Å². The number of benzene rings is 1. The van der Waals surface area contributed by atoms with E-state index in [1.54, 1.807) is 6.07 Å². The molecule has 0 aliphatic carbocycles. The zero-order valence-electron chi connectivity index (χ0n) is 11.7. The summed E-state index contributed by atoms with van der Waals surface area (Å²) in [6, 6.07) is 5.41. The van der Waals surface area contributed by atoms with Gasteiger partial charge in [-0.15, -0.1) is 0 Å². The quantitative estimate of drug-likeness (QED) is 0.871. The molecule has 1 fully saturated rings. The first-order chi connectivity index (χ1) is 9.41. The maximum atomic E-state index is 12.5. The Labute approximate surface area is 133 Å². The number of anilines is 1. The van der Waals surface area contributed by atoms with E-state index in [1.165, 1.54) is 0 Å². The van der Waals surface area contributed by atoms with E-state index in [1.807, 2.05) is 26.0 Å². The third-order valence-corrected chi connectivity index (χ3v) is 4.87. The second-order valence-electron chi connectivity index (χ2n) is 5.38. The van der Waals surface area contributed by atoms with Gasteiger partial charge in [-0.2, -0.15) is 0 Å². The van der Waals surface area contributed by atoms with Crippen LogP contribution >= 0.6 is 27.5 Å². The van der Waals surface area contributed by atoms with Crippen molar-refractivity contribution in [2.75, 3.05) is 31.5 Å². The van der Waals surface area contributed by atoms with Gasteiger partial charge in [-0.05, 0) is 48.0 Å². The van der Waals surface area contributed by atoms with E-state index in [0.717, 1.165) is 30.7 Å². The number of hydrogen-bond donors (Lipinski definition) is 2. The van der Waals surface area contributed by atoms with Crippen LogP contribution in [0.3, 0.4) is 0 Å². The minimum atomic E-state index is -0.540. The number of amides is 1. The number of carbonyl (C=O) groups excluding carboxylic acids is 1. The molecule has 0 saturated carbocycles. The van der Waals surface area contributed by atoms with Crippen LogP contribution in [0.25, 0.3) is 0 Å². The lowest BCUT2D eigenvalue weighted by Crippen LogP contribution is -2.58. The van der Waals surface area contributed by atoms with Gasteiger partial charge >= 0.3 is 0 Å². The van der Waals surface area contributed by atoms with Crippen molar-refractivity contribution < 1.29 is 4.79 Å². The third-order valence-electron chi connectivity index (χ3n) is 3.64. The highest BCUT2D eigenvalue weighted by atomic mass is 79.9. The van der Waals surface area contributed by atoms with Crippen LogP contribution in [0.5, 0.6) is 0 Å². The molecule has 1 aromatic carbocycles. The topological polar surface area (TPSA) is 44.4 Å². The zero-order valence-corrected chi connectivity index (χ0v) is 14.0. The van der Waals surface area contributed by atoms with Crippen molar-refractivity contribution in [2.45, 2.75) is 19.4 Å². The molecule has 2 rings (SSSR count). The smallest absolute Gasteiger partial charge is 0.244 e. The molecule has 0 aromatic heterocycles. The highest BCUT2D eigenvalue weighted by Gasteiger charge is 2.35. The van der Waals surface area contributed by atoms with E-state index in [2.05, 4.69) is 31.5 Å². The second kappa shape index (κ2) is 6.43. The molecule has 0 radical (unpaired) electrons. The molecule has 6 heteroatoms. The first kappa shape index (κ1) is 15.8. The number of nitrogens with zero attached hydrogens (tertiary/aromatic N) is 1. The van der Waals surface area contributed by atoms with Crippen molar-refractivity contribution in [1.29, 1.82) is 0 Å². The largest absolute Gasteiger partial charge is 0.324 e. The highest BCUT2D eigenvalue weighted by Crippen LogP contribution is 2.26. The van der Waals surface area contributed by atoms with Gasteiger partial charge in [0.25, 0.3) is 0 Å². The summed E-state index contributed by atoms with van der Waals surface area (Å²) in [6.45, 7) is 7.49. The van der Waals surface area contributed by atoms with Crippen LogP contribution in [0, 0.1) is 0 Å². The Morgan fingerprint density at radius 3 is 2.65 bits per heavy atom. The molecule has 4 nitrogen and oxygen atoms in total. The summed E-state index contributed by atoms with van der Waals surface area (Å²) in [4.78, 5) is 14.7. The monoisotopic (exact) mass is 359 g/mol. The standard InChI is InChI=1S/C14H19BrClN3O/c1-14(2,19-7-5-17-6-8-19)13(20)18-10-3-4-11(15)12(16)9-10/h3-4,9,17H,5-8H2,1-2H3,(H,18,20). The first-order valence-corrected chi connectivity index (χ1v) is 7.80. The van der Waals surface area contributed by atoms with Gasteiger partial charge in [-0.1, -0.05) is 11.6 Å². The summed E-state index contributed by atoms with van der Waals surface area (Å²) in [5, 5.41) is 6.82. The third kappa shape index (κ3) is 3.52. The molecule has 2 N–H and O–H groups in total. The molecule has 110 valence electrons. The van der Waals surface area contributed by atoms with Crippen LogP contribution < -0.4 is 10.6 Å². The van der Waals surface area contributed by atoms with Crippen molar-refractivity contribution >= 4 is 39.1 Å². The normalized spacial score (nSPS) is 17.0. The molecule has 1 aromatic rings. The lowest BCUT2D eigenvalue weighted by Gasteiger charge is -2.39. The van der Waals surface area contributed by atoms with Gasteiger partial charge in [0.15, 0.2) is 0 Å².